The number of nitrogens with zero attached hydrogens (tertiary/aromatic N) is 2. The average Bonchev–Trinajstić information content (AvgIpc) is 2.40. The van der Waals surface area contributed by atoms with Crippen molar-refractivity contribution in [3.8, 4) is 0 Å². The van der Waals surface area contributed by atoms with Gasteiger partial charge in [-0.3, -0.25) is 18.7 Å². The van der Waals surface area contributed by atoms with Crippen molar-refractivity contribution in [3.63, 3.8) is 0 Å². The van der Waals surface area contributed by atoms with Gasteiger partial charge in [0.1, 0.15) is 6.54 Å². The molecule has 1 atom stereocenters. The molecule has 0 spiro atoms. The fourth-order valence-corrected chi connectivity index (χ4v) is 2.67. The van der Waals surface area contributed by atoms with Gasteiger partial charge in [-0.2, -0.15) is 0 Å². The Morgan fingerprint density at radius 1 is 1.55 bits per heavy atom. The van der Waals surface area contributed by atoms with Crippen molar-refractivity contribution >= 4 is 21.9 Å². The number of rotatable bonds is 6. The van der Waals surface area contributed by atoms with Crippen molar-refractivity contribution in [2.24, 2.45) is 0 Å². The number of ether oxygens (including phenoxy) is 1. The lowest BCUT2D eigenvalue weighted by Gasteiger charge is -2.39. The summed E-state index contributed by atoms with van der Waals surface area (Å²) in [6.45, 7) is 4.79. The van der Waals surface area contributed by atoms with Gasteiger partial charge in [0.15, 0.2) is 0 Å². The summed E-state index contributed by atoms with van der Waals surface area (Å²) >= 11 is 3.08. The van der Waals surface area contributed by atoms with Gasteiger partial charge in [0, 0.05) is 12.7 Å². The molecule has 0 aromatic carbocycles. The summed E-state index contributed by atoms with van der Waals surface area (Å²) in [5.41, 5.74) is -1.26. The highest BCUT2D eigenvalue weighted by atomic mass is 79.9. The van der Waals surface area contributed by atoms with Gasteiger partial charge in [-0.15, -0.1) is 0 Å². The normalized spacial score (nSPS) is 17.8. The lowest BCUT2D eigenvalue weighted by atomic mass is 10.0. The molecule has 0 amide bonds. The summed E-state index contributed by atoms with van der Waals surface area (Å²) in [6, 6.07) is -0.421. The largest absolute Gasteiger partial charge is 0.480 e. The fraction of sp³-hybridized carbons (Fsp3) is 0.615. The van der Waals surface area contributed by atoms with Crippen LogP contribution in [0.1, 0.15) is 19.9 Å². The molecule has 1 unspecified atom stereocenters. The minimum absolute atomic E-state index is 0.149. The predicted octanol–water partition coefficient (Wildman–Crippen LogP) is -0.203. The molecule has 1 aromatic rings. The van der Waals surface area contributed by atoms with Crippen molar-refractivity contribution in [1.29, 1.82) is 0 Å². The molecular formula is C13H18BrN3O5. The molecule has 22 heavy (non-hydrogen) atoms. The third-order valence-electron chi connectivity index (χ3n) is 3.56. The summed E-state index contributed by atoms with van der Waals surface area (Å²) in [4.78, 5) is 35.3. The van der Waals surface area contributed by atoms with Crippen LogP contribution in [0.2, 0.25) is 0 Å². The molecule has 2 rings (SSSR count). The first-order valence-corrected chi connectivity index (χ1v) is 7.59. The minimum Gasteiger partial charge on any atom is -0.480 e. The molecular weight excluding hydrogens is 358 g/mol. The molecule has 1 saturated heterocycles. The van der Waals surface area contributed by atoms with Crippen molar-refractivity contribution in [2.75, 3.05) is 19.8 Å². The summed E-state index contributed by atoms with van der Waals surface area (Å²) in [5.74, 6) is -1.15. The van der Waals surface area contributed by atoms with Crippen molar-refractivity contribution in [1.82, 2.24) is 14.5 Å². The van der Waals surface area contributed by atoms with Crippen LogP contribution in [0.15, 0.2) is 20.3 Å². The van der Waals surface area contributed by atoms with E-state index in [1.165, 1.54) is 6.20 Å². The second kappa shape index (κ2) is 6.35. The predicted molar refractivity (Wildman–Crippen MR) is 82.2 cm³/mol. The number of halogens is 1. The first-order valence-electron chi connectivity index (χ1n) is 6.79. The Morgan fingerprint density at radius 2 is 2.18 bits per heavy atom. The molecule has 0 bridgehead atoms. The quantitative estimate of drug-likeness (QED) is 0.713. The van der Waals surface area contributed by atoms with Gasteiger partial charge in [-0.25, -0.2) is 4.79 Å². The lowest BCUT2D eigenvalue weighted by molar-refractivity contribution is -0.137. The molecule has 1 aliphatic rings. The number of carboxylic acids is 1. The summed E-state index contributed by atoms with van der Waals surface area (Å²) < 4.78 is 7.34. The van der Waals surface area contributed by atoms with Gasteiger partial charge in [0.2, 0.25) is 0 Å². The summed E-state index contributed by atoms with van der Waals surface area (Å²) in [7, 11) is 0. The van der Waals surface area contributed by atoms with E-state index < -0.39 is 29.8 Å². The zero-order valence-electron chi connectivity index (χ0n) is 12.3. The number of aliphatic carboxylic acids is 1. The van der Waals surface area contributed by atoms with Crippen LogP contribution in [0.5, 0.6) is 0 Å². The maximum atomic E-state index is 12.3. The van der Waals surface area contributed by atoms with E-state index in [-0.39, 0.29) is 10.0 Å². The standard InChI is InChI=1S/C13H18BrN3O5/c1-8(3-15-13(2)6-22-7-13)17-11(20)9(14)4-16(12(17)21)5-10(18)19/h4,8,15H,3,5-7H2,1-2H3,(H,18,19). The van der Waals surface area contributed by atoms with Gasteiger partial charge in [-0.1, -0.05) is 0 Å². The van der Waals surface area contributed by atoms with Crippen LogP contribution in [0, 0.1) is 0 Å². The Balaban J connectivity index is 2.28. The highest BCUT2D eigenvalue weighted by molar-refractivity contribution is 9.10. The number of hydrogen-bond donors (Lipinski definition) is 2. The molecule has 2 heterocycles. The number of aromatic nitrogens is 2. The smallest absolute Gasteiger partial charge is 0.331 e. The highest BCUT2D eigenvalue weighted by Crippen LogP contribution is 2.16. The van der Waals surface area contributed by atoms with E-state index in [0.29, 0.717) is 19.8 Å². The Bertz CT molecular complexity index is 692. The van der Waals surface area contributed by atoms with Crippen molar-refractivity contribution < 1.29 is 14.6 Å². The second-order valence-electron chi connectivity index (χ2n) is 5.74. The number of carboxylic acid groups (broad SMARTS) is 1. The number of hydrogen-bond acceptors (Lipinski definition) is 5. The maximum Gasteiger partial charge on any atom is 0.331 e. The summed E-state index contributed by atoms with van der Waals surface area (Å²) in [5, 5.41) is 12.1. The zero-order chi connectivity index (χ0) is 16.5. The van der Waals surface area contributed by atoms with E-state index in [0.717, 1.165) is 9.13 Å². The number of carbonyl (C=O) groups is 1. The van der Waals surface area contributed by atoms with E-state index in [1.54, 1.807) is 6.92 Å². The molecule has 1 aromatic heterocycles. The Morgan fingerprint density at radius 3 is 2.68 bits per heavy atom. The molecule has 2 N–H and O–H groups in total. The van der Waals surface area contributed by atoms with Gasteiger partial charge in [0.05, 0.1) is 29.3 Å². The molecule has 122 valence electrons. The van der Waals surface area contributed by atoms with E-state index in [4.69, 9.17) is 9.84 Å². The second-order valence-corrected chi connectivity index (χ2v) is 6.59. The van der Waals surface area contributed by atoms with Crippen molar-refractivity contribution in [2.45, 2.75) is 32.0 Å². The SMILES string of the molecule is CC(CNC1(C)COC1)n1c(=O)c(Br)cn(CC(=O)O)c1=O. The first kappa shape index (κ1) is 16.9. The molecule has 1 fully saturated rings. The van der Waals surface area contributed by atoms with Crippen LogP contribution in [0.4, 0.5) is 0 Å². The molecule has 8 nitrogen and oxygen atoms in total. The minimum atomic E-state index is -1.15. The first-order chi connectivity index (χ1) is 10.2. The van der Waals surface area contributed by atoms with Crippen LogP contribution < -0.4 is 16.6 Å². The average molecular weight is 376 g/mol. The van der Waals surface area contributed by atoms with E-state index >= 15 is 0 Å². The zero-order valence-corrected chi connectivity index (χ0v) is 13.9. The third-order valence-corrected chi connectivity index (χ3v) is 4.10. The molecule has 9 heteroatoms. The van der Waals surface area contributed by atoms with E-state index in [9.17, 15) is 14.4 Å². The Kier molecular flexibility index (Phi) is 4.88. The summed E-state index contributed by atoms with van der Waals surface area (Å²) in [6.07, 6.45) is 1.20. The topological polar surface area (TPSA) is 103 Å². The Labute approximate surface area is 134 Å². The van der Waals surface area contributed by atoms with Gasteiger partial charge >= 0.3 is 11.7 Å². The van der Waals surface area contributed by atoms with Crippen LogP contribution in [0.3, 0.4) is 0 Å². The fourth-order valence-electron chi connectivity index (χ4n) is 2.23. The van der Waals surface area contributed by atoms with Gasteiger partial charge in [-0.05, 0) is 29.8 Å². The van der Waals surface area contributed by atoms with Crippen LogP contribution in [-0.4, -0.2) is 45.5 Å². The molecule has 0 radical (unpaired) electrons. The molecule has 0 saturated carbocycles. The van der Waals surface area contributed by atoms with Crippen LogP contribution >= 0.6 is 15.9 Å². The molecule has 1 aliphatic heterocycles. The van der Waals surface area contributed by atoms with Gasteiger partial charge in [0.25, 0.3) is 5.56 Å². The van der Waals surface area contributed by atoms with Crippen molar-refractivity contribution in [3.05, 3.63) is 31.5 Å². The highest BCUT2D eigenvalue weighted by Gasteiger charge is 2.33. The molecule has 0 aliphatic carbocycles. The maximum absolute atomic E-state index is 12.3. The van der Waals surface area contributed by atoms with E-state index in [2.05, 4.69) is 21.2 Å². The monoisotopic (exact) mass is 375 g/mol. The van der Waals surface area contributed by atoms with Gasteiger partial charge < -0.3 is 15.2 Å². The third kappa shape index (κ3) is 3.47. The van der Waals surface area contributed by atoms with E-state index in [1.807, 2.05) is 6.92 Å². The number of nitrogens with one attached hydrogen (secondary N) is 1. The van der Waals surface area contributed by atoms with Crippen LogP contribution in [-0.2, 0) is 16.1 Å². The van der Waals surface area contributed by atoms with Crippen LogP contribution in [0.25, 0.3) is 0 Å². The lowest BCUT2D eigenvalue weighted by Crippen LogP contribution is -2.59. The Hall–Kier alpha value is -1.45.